The third-order valence-electron chi connectivity index (χ3n) is 4.61. The van der Waals surface area contributed by atoms with Gasteiger partial charge in [-0.25, -0.2) is 0 Å². The van der Waals surface area contributed by atoms with Crippen LogP contribution in [-0.2, 0) is 0 Å². The molecule has 1 aliphatic rings. The number of benzene rings is 2. The van der Waals surface area contributed by atoms with Crippen LogP contribution in [0, 0.1) is 10.1 Å². The highest BCUT2D eigenvalue weighted by Crippen LogP contribution is 2.31. The van der Waals surface area contributed by atoms with E-state index in [1.165, 1.54) is 31.4 Å². The molecule has 1 fully saturated rings. The number of hydrogen-bond donors (Lipinski definition) is 0. The molecule has 0 saturated carbocycles. The van der Waals surface area contributed by atoms with E-state index < -0.39 is 11.5 Å². The zero-order valence-electron chi connectivity index (χ0n) is 15.6. The van der Waals surface area contributed by atoms with Gasteiger partial charge in [-0.2, -0.15) is 8.78 Å². The standard InChI is InChI=1S/C19H19F2N3O5/c1-28-17-12-13(6-7-16(17)29-19(20)21)18(25)23-10-8-22(9-11-23)14-4-2-3-5-15(14)24(26)27/h2-7,12,19H,8-11H2,1H3. The fraction of sp³-hybridized carbons (Fsp3) is 0.316. The molecule has 0 atom stereocenters. The zero-order valence-corrected chi connectivity index (χ0v) is 15.6. The van der Waals surface area contributed by atoms with Gasteiger partial charge in [-0.15, -0.1) is 0 Å². The Labute approximate surface area is 165 Å². The molecular formula is C19H19F2N3O5. The van der Waals surface area contributed by atoms with E-state index in [4.69, 9.17) is 4.74 Å². The summed E-state index contributed by atoms with van der Waals surface area (Å²) in [5.41, 5.74) is 0.814. The van der Waals surface area contributed by atoms with Crippen molar-refractivity contribution in [2.75, 3.05) is 38.2 Å². The Hall–Kier alpha value is -3.43. The van der Waals surface area contributed by atoms with Gasteiger partial charge < -0.3 is 19.3 Å². The van der Waals surface area contributed by atoms with Crippen molar-refractivity contribution in [3.8, 4) is 11.5 Å². The first-order valence-corrected chi connectivity index (χ1v) is 8.81. The Morgan fingerprint density at radius 1 is 1.10 bits per heavy atom. The maximum absolute atomic E-state index is 12.8. The van der Waals surface area contributed by atoms with Gasteiger partial charge in [-0.3, -0.25) is 14.9 Å². The Bertz CT molecular complexity index is 901. The van der Waals surface area contributed by atoms with Crippen LogP contribution >= 0.6 is 0 Å². The second kappa shape index (κ2) is 8.72. The lowest BCUT2D eigenvalue weighted by molar-refractivity contribution is -0.384. The highest BCUT2D eigenvalue weighted by Gasteiger charge is 2.26. The smallest absolute Gasteiger partial charge is 0.387 e. The van der Waals surface area contributed by atoms with Crippen molar-refractivity contribution >= 4 is 17.3 Å². The van der Waals surface area contributed by atoms with Crippen molar-refractivity contribution in [3.63, 3.8) is 0 Å². The minimum absolute atomic E-state index is 0.0200. The SMILES string of the molecule is COc1cc(C(=O)N2CCN(c3ccccc3[N+](=O)[O-])CC2)ccc1OC(F)F. The zero-order chi connectivity index (χ0) is 21.0. The Balaban J connectivity index is 1.70. The molecule has 0 spiro atoms. The van der Waals surface area contributed by atoms with Gasteiger partial charge in [-0.1, -0.05) is 12.1 Å². The number of alkyl halides is 2. The number of amides is 1. The number of nitrogens with zero attached hydrogens (tertiary/aromatic N) is 3. The summed E-state index contributed by atoms with van der Waals surface area (Å²) in [6.07, 6.45) is 0. The summed E-state index contributed by atoms with van der Waals surface area (Å²) in [4.78, 5) is 27.0. The molecule has 0 N–H and O–H groups in total. The molecule has 29 heavy (non-hydrogen) atoms. The Kier molecular flexibility index (Phi) is 6.10. The topological polar surface area (TPSA) is 85.2 Å². The molecule has 3 rings (SSSR count). The molecular weight excluding hydrogens is 388 g/mol. The molecule has 2 aromatic rings. The van der Waals surface area contributed by atoms with Crippen molar-refractivity contribution in [3.05, 3.63) is 58.1 Å². The van der Waals surface area contributed by atoms with Crippen LogP contribution in [0.1, 0.15) is 10.4 Å². The summed E-state index contributed by atoms with van der Waals surface area (Å²) in [5.74, 6) is -0.399. The summed E-state index contributed by atoms with van der Waals surface area (Å²) in [6, 6.07) is 10.5. The minimum atomic E-state index is -3.00. The van der Waals surface area contributed by atoms with Gasteiger partial charge in [0.1, 0.15) is 5.69 Å². The second-order valence-electron chi connectivity index (χ2n) is 6.27. The fourth-order valence-corrected chi connectivity index (χ4v) is 3.21. The monoisotopic (exact) mass is 407 g/mol. The molecule has 0 aliphatic carbocycles. The van der Waals surface area contributed by atoms with E-state index in [1.807, 2.05) is 4.90 Å². The molecule has 1 heterocycles. The van der Waals surface area contributed by atoms with Crippen LogP contribution in [-0.4, -0.2) is 55.6 Å². The molecule has 154 valence electrons. The largest absolute Gasteiger partial charge is 0.493 e. The number of methoxy groups -OCH3 is 1. The maximum atomic E-state index is 12.8. The summed E-state index contributed by atoms with van der Waals surface area (Å²) in [5, 5.41) is 11.2. The number of para-hydroxylation sites is 2. The van der Waals surface area contributed by atoms with E-state index in [-0.39, 0.29) is 28.7 Å². The number of piperazine rings is 1. The number of hydrogen-bond acceptors (Lipinski definition) is 6. The van der Waals surface area contributed by atoms with Gasteiger partial charge in [-0.05, 0) is 24.3 Å². The number of carbonyl (C=O) groups excluding carboxylic acids is 1. The van der Waals surface area contributed by atoms with Gasteiger partial charge in [0.05, 0.1) is 12.0 Å². The van der Waals surface area contributed by atoms with Crippen LogP contribution in [0.2, 0.25) is 0 Å². The van der Waals surface area contributed by atoms with E-state index in [0.717, 1.165) is 0 Å². The molecule has 8 nitrogen and oxygen atoms in total. The fourth-order valence-electron chi connectivity index (χ4n) is 3.21. The molecule has 0 radical (unpaired) electrons. The third kappa shape index (κ3) is 4.53. The Morgan fingerprint density at radius 2 is 1.79 bits per heavy atom. The van der Waals surface area contributed by atoms with E-state index in [2.05, 4.69) is 4.74 Å². The van der Waals surface area contributed by atoms with Gasteiger partial charge in [0.25, 0.3) is 11.6 Å². The van der Waals surface area contributed by atoms with Crippen LogP contribution < -0.4 is 14.4 Å². The second-order valence-corrected chi connectivity index (χ2v) is 6.27. The average Bonchev–Trinajstić information content (AvgIpc) is 2.73. The normalized spacial score (nSPS) is 14.1. The molecule has 1 aliphatic heterocycles. The number of rotatable bonds is 6. The van der Waals surface area contributed by atoms with Gasteiger partial charge in [0.2, 0.25) is 0 Å². The Morgan fingerprint density at radius 3 is 2.41 bits per heavy atom. The number of nitro groups is 1. The summed E-state index contributed by atoms with van der Waals surface area (Å²) < 4.78 is 34.3. The first-order chi connectivity index (χ1) is 13.9. The van der Waals surface area contributed by atoms with Crippen LogP contribution in [0.3, 0.4) is 0 Å². The van der Waals surface area contributed by atoms with Crippen molar-refractivity contribution in [2.24, 2.45) is 0 Å². The van der Waals surface area contributed by atoms with Gasteiger partial charge in [0.15, 0.2) is 11.5 Å². The average molecular weight is 407 g/mol. The highest BCUT2D eigenvalue weighted by molar-refractivity contribution is 5.95. The number of carbonyl (C=O) groups is 1. The van der Waals surface area contributed by atoms with E-state index in [9.17, 15) is 23.7 Å². The van der Waals surface area contributed by atoms with E-state index >= 15 is 0 Å². The van der Waals surface area contributed by atoms with Crippen LogP contribution in [0.5, 0.6) is 11.5 Å². The minimum Gasteiger partial charge on any atom is -0.493 e. The quantitative estimate of drug-likeness (QED) is 0.540. The molecule has 1 saturated heterocycles. The van der Waals surface area contributed by atoms with Crippen molar-refractivity contribution in [1.82, 2.24) is 4.90 Å². The van der Waals surface area contributed by atoms with Crippen LogP contribution in [0.15, 0.2) is 42.5 Å². The lowest BCUT2D eigenvalue weighted by Gasteiger charge is -2.35. The number of nitro benzene ring substituents is 1. The molecule has 1 amide bonds. The summed E-state index contributed by atoms with van der Waals surface area (Å²) >= 11 is 0. The predicted molar refractivity (Wildman–Crippen MR) is 101 cm³/mol. The van der Waals surface area contributed by atoms with Crippen molar-refractivity contribution in [1.29, 1.82) is 0 Å². The first kappa shape index (κ1) is 20.3. The van der Waals surface area contributed by atoms with Crippen molar-refractivity contribution in [2.45, 2.75) is 6.61 Å². The number of ether oxygens (including phenoxy) is 2. The molecule has 0 unspecified atom stereocenters. The van der Waals surface area contributed by atoms with Crippen molar-refractivity contribution < 1.29 is 28.0 Å². The molecule has 0 aromatic heterocycles. The number of anilines is 1. The summed E-state index contributed by atoms with van der Waals surface area (Å²) in [6.45, 7) is -1.41. The van der Waals surface area contributed by atoms with Gasteiger partial charge in [0, 0.05) is 37.8 Å². The van der Waals surface area contributed by atoms with Gasteiger partial charge >= 0.3 is 6.61 Å². The van der Waals surface area contributed by atoms with Crippen LogP contribution in [0.4, 0.5) is 20.2 Å². The third-order valence-corrected chi connectivity index (χ3v) is 4.61. The van der Waals surface area contributed by atoms with E-state index in [1.54, 1.807) is 23.1 Å². The number of halogens is 2. The highest BCUT2D eigenvalue weighted by atomic mass is 19.3. The predicted octanol–water partition coefficient (Wildman–Crippen LogP) is 3.17. The lowest BCUT2D eigenvalue weighted by atomic mass is 10.1. The van der Waals surface area contributed by atoms with E-state index in [0.29, 0.717) is 31.9 Å². The maximum Gasteiger partial charge on any atom is 0.387 e. The molecule has 2 aromatic carbocycles. The molecule has 10 heteroatoms. The summed E-state index contributed by atoms with van der Waals surface area (Å²) in [7, 11) is 1.30. The van der Waals surface area contributed by atoms with Crippen LogP contribution in [0.25, 0.3) is 0 Å². The molecule has 0 bridgehead atoms. The first-order valence-electron chi connectivity index (χ1n) is 8.81. The lowest BCUT2D eigenvalue weighted by Crippen LogP contribution is -2.49.